The van der Waals surface area contributed by atoms with Crippen LogP contribution in [0.3, 0.4) is 0 Å². The highest BCUT2D eigenvalue weighted by atomic mass is 32.1. The average Bonchev–Trinajstić information content (AvgIpc) is 3.05. The van der Waals surface area contributed by atoms with Crippen LogP contribution in [0.25, 0.3) is 0 Å². The molecule has 1 aliphatic heterocycles. The van der Waals surface area contributed by atoms with E-state index in [1.165, 1.54) is 16.0 Å². The number of rotatable bonds is 3. The Morgan fingerprint density at radius 2 is 2.35 bits per heavy atom. The van der Waals surface area contributed by atoms with E-state index in [1.807, 2.05) is 5.43 Å². The average molecular weight is 294 g/mol. The third kappa shape index (κ3) is 2.25. The second-order valence-corrected chi connectivity index (χ2v) is 5.44. The molecule has 106 valence electrons. The van der Waals surface area contributed by atoms with E-state index in [0.29, 0.717) is 5.69 Å². The molecule has 1 aliphatic rings. The highest BCUT2D eigenvalue weighted by Crippen LogP contribution is 2.12. The van der Waals surface area contributed by atoms with Crippen molar-refractivity contribution < 1.29 is 4.79 Å². The molecule has 0 radical (unpaired) electrons. The zero-order valence-corrected chi connectivity index (χ0v) is 11.5. The molecule has 3 N–H and O–H groups in total. The van der Waals surface area contributed by atoms with E-state index < -0.39 is 5.91 Å². The number of nitrogen functional groups attached to an aromatic ring is 1. The van der Waals surface area contributed by atoms with Crippen molar-refractivity contribution >= 4 is 17.2 Å². The van der Waals surface area contributed by atoms with Crippen LogP contribution in [0.2, 0.25) is 0 Å². The lowest BCUT2D eigenvalue weighted by atomic mass is 10.2. The standard InChI is InChI=1S/C11H14N6O2S/c12-14-9(18)10-13-7(6-20-10)5-17-11(19)16-4-2-1-3-8(16)15-17/h6H,1-5,12H2,(H,14,18). The van der Waals surface area contributed by atoms with Crippen molar-refractivity contribution in [3.63, 3.8) is 0 Å². The normalized spacial score (nSPS) is 14.1. The summed E-state index contributed by atoms with van der Waals surface area (Å²) in [6.07, 6.45) is 2.91. The lowest BCUT2D eigenvalue weighted by Crippen LogP contribution is -2.30. The van der Waals surface area contributed by atoms with Crippen LogP contribution in [0, 0.1) is 0 Å². The summed E-state index contributed by atoms with van der Waals surface area (Å²) in [5, 5.41) is 6.34. The minimum atomic E-state index is -0.433. The Hall–Kier alpha value is -2.00. The van der Waals surface area contributed by atoms with Gasteiger partial charge in [-0.3, -0.25) is 14.8 Å². The molecule has 0 bridgehead atoms. The van der Waals surface area contributed by atoms with Crippen molar-refractivity contribution in [1.82, 2.24) is 24.8 Å². The van der Waals surface area contributed by atoms with E-state index in [1.54, 1.807) is 9.95 Å². The summed E-state index contributed by atoms with van der Waals surface area (Å²) < 4.78 is 3.11. The van der Waals surface area contributed by atoms with Crippen LogP contribution in [0.15, 0.2) is 10.2 Å². The number of nitrogens with zero attached hydrogens (tertiary/aromatic N) is 4. The number of hydrazine groups is 1. The van der Waals surface area contributed by atoms with Gasteiger partial charge < -0.3 is 0 Å². The molecule has 0 fully saturated rings. The fourth-order valence-corrected chi connectivity index (χ4v) is 2.96. The zero-order valence-electron chi connectivity index (χ0n) is 10.7. The fraction of sp³-hybridized carbons (Fsp3) is 0.455. The van der Waals surface area contributed by atoms with E-state index >= 15 is 0 Å². The van der Waals surface area contributed by atoms with E-state index in [9.17, 15) is 9.59 Å². The third-order valence-corrected chi connectivity index (χ3v) is 4.11. The number of aromatic nitrogens is 4. The molecule has 3 heterocycles. The molecule has 0 atom stereocenters. The Morgan fingerprint density at radius 3 is 3.10 bits per heavy atom. The van der Waals surface area contributed by atoms with E-state index in [4.69, 9.17) is 5.84 Å². The number of thiazole rings is 1. The highest BCUT2D eigenvalue weighted by molar-refractivity contribution is 7.11. The Morgan fingerprint density at radius 1 is 1.50 bits per heavy atom. The second-order valence-electron chi connectivity index (χ2n) is 4.58. The van der Waals surface area contributed by atoms with E-state index in [2.05, 4.69) is 10.1 Å². The lowest BCUT2D eigenvalue weighted by Gasteiger charge is -2.09. The Balaban J connectivity index is 1.85. The summed E-state index contributed by atoms with van der Waals surface area (Å²) >= 11 is 1.19. The first kappa shape index (κ1) is 13.0. The van der Waals surface area contributed by atoms with E-state index in [-0.39, 0.29) is 17.2 Å². The monoisotopic (exact) mass is 294 g/mol. The van der Waals surface area contributed by atoms with Gasteiger partial charge in [-0.05, 0) is 12.8 Å². The largest absolute Gasteiger partial charge is 0.346 e. The molecule has 0 spiro atoms. The molecule has 0 saturated heterocycles. The number of amides is 1. The van der Waals surface area contributed by atoms with Gasteiger partial charge in [0.15, 0.2) is 5.01 Å². The highest BCUT2D eigenvalue weighted by Gasteiger charge is 2.17. The summed E-state index contributed by atoms with van der Waals surface area (Å²) in [5.41, 5.74) is 2.55. The number of hydrogen-bond acceptors (Lipinski definition) is 6. The number of aryl methyl sites for hydroxylation is 1. The molecule has 2 aromatic rings. The molecule has 1 amide bonds. The van der Waals surface area contributed by atoms with Gasteiger partial charge in [0.05, 0.1) is 12.2 Å². The van der Waals surface area contributed by atoms with Crippen LogP contribution in [0.1, 0.15) is 34.2 Å². The number of hydrogen-bond donors (Lipinski definition) is 2. The van der Waals surface area contributed by atoms with Crippen molar-refractivity contribution in [2.75, 3.05) is 0 Å². The Kier molecular flexibility index (Phi) is 3.36. The van der Waals surface area contributed by atoms with Crippen LogP contribution < -0.4 is 17.0 Å². The SMILES string of the molecule is NNC(=O)c1nc(Cn2nc3n(c2=O)CCCC3)cs1. The molecule has 0 aromatic carbocycles. The fourth-order valence-electron chi connectivity index (χ4n) is 2.25. The van der Waals surface area contributed by atoms with Gasteiger partial charge in [0, 0.05) is 18.3 Å². The van der Waals surface area contributed by atoms with Gasteiger partial charge in [0.2, 0.25) is 0 Å². The number of nitrogens with two attached hydrogens (primary N) is 1. The molecule has 0 saturated carbocycles. The van der Waals surface area contributed by atoms with Gasteiger partial charge in [-0.1, -0.05) is 0 Å². The molecule has 20 heavy (non-hydrogen) atoms. The first-order valence-electron chi connectivity index (χ1n) is 6.31. The maximum absolute atomic E-state index is 12.2. The lowest BCUT2D eigenvalue weighted by molar-refractivity contribution is 0.0953. The van der Waals surface area contributed by atoms with E-state index in [0.717, 1.165) is 31.6 Å². The van der Waals surface area contributed by atoms with Crippen molar-refractivity contribution in [3.8, 4) is 0 Å². The minimum absolute atomic E-state index is 0.113. The number of carbonyl (C=O) groups is 1. The van der Waals surface area contributed by atoms with Crippen LogP contribution in [-0.4, -0.2) is 25.2 Å². The Labute approximate surface area is 118 Å². The topological polar surface area (TPSA) is 108 Å². The van der Waals surface area contributed by atoms with Gasteiger partial charge in [-0.15, -0.1) is 11.3 Å². The summed E-state index contributed by atoms with van der Waals surface area (Å²) in [4.78, 5) is 27.6. The van der Waals surface area contributed by atoms with Gasteiger partial charge in [0.25, 0.3) is 5.91 Å². The summed E-state index contributed by atoms with van der Waals surface area (Å²) in [5.74, 6) is 5.45. The quantitative estimate of drug-likeness (QED) is 0.450. The smallest absolute Gasteiger partial charge is 0.288 e. The predicted molar refractivity (Wildman–Crippen MR) is 72.3 cm³/mol. The number of carbonyl (C=O) groups excluding carboxylic acids is 1. The zero-order chi connectivity index (χ0) is 14.1. The van der Waals surface area contributed by atoms with Crippen molar-refractivity contribution in [2.45, 2.75) is 32.4 Å². The molecule has 8 nitrogen and oxygen atoms in total. The molecular formula is C11H14N6O2S. The first-order chi connectivity index (χ1) is 9.69. The maximum Gasteiger partial charge on any atom is 0.346 e. The number of nitrogens with one attached hydrogen (secondary N) is 1. The van der Waals surface area contributed by atoms with Crippen LogP contribution >= 0.6 is 11.3 Å². The molecule has 2 aromatic heterocycles. The molecule has 9 heteroatoms. The van der Waals surface area contributed by atoms with Gasteiger partial charge in [-0.25, -0.2) is 20.3 Å². The second kappa shape index (κ2) is 5.17. The van der Waals surface area contributed by atoms with Crippen molar-refractivity contribution in [2.24, 2.45) is 5.84 Å². The molecule has 0 aliphatic carbocycles. The molecular weight excluding hydrogens is 280 g/mol. The molecule has 0 unspecified atom stereocenters. The predicted octanol–water partition coefficient (Wildman–Crippen LogP) is -0.511. The third-order valence-electron chi connectivity index (χ3n) is 3.22. The van der Waals surface area contributed by atoms with Crippen LogP contribution in [-0.2, 0) is 19.5 Å². The Bertz CT molecular complexity index is 700. The van der Waals surface area contributed by atoms with Crippen molar-refractivity contribution in [3.05, 3.63) is 32.4 Å². The number of fused-ring (bicyclic) bond motifs is 1. The first-order valence-corrected chi connectivity index (χ1v) is 7.19. The summed E-state index contributed by atoms with van der Waals surface area (Å²) in [6.45, 7) is 0.999. The molecule has 3 rings (SSSR count). The van der Waals surface area contributed by atoms with Crippen LogP contribution in [0.4, 0.5) is 0 Å². The maximum atomic E-state index is 12.2. The summed E-state index contributed by atoms with van der Waals surface area (Å²) in [6, 6.07) is 0. The van der Waals surface area contributed by atoms with Gasteiger partial charge >= 0.3 is 5.69 Å². The minimum Gasteiger partial charge on any atom is -0.288 e. The van der Waals surface area contributed by atoms with Crippen molar-refractivity contribution in [1.29, 1.82) is 0 Å². The van der Waals surface area contributed by atoms with Gasteiger partial charge in [-0.2, -0.15) is 5.10 Å². The van der Waals surface area contributed by atoms with Gasteiger partial charge in [0.1, 0.15) is 5.82 Å². The summed E-state index contributed by atoms with van der Waals surface area (Å²) in [7, 11) is 0. The van der Waals surface area contributed by atoms with Crippen LogP contribution in [0.5, 0.6) is 0 Å².